The van der Waals surface area contributed by atoms with Crippen LogP contribution in [0.1, 0.15) is 41.5 Å². The van der Waals surface area contributed by atoms with E-state index in [4.69, 9.17) is 16.3 Å². The maximum absolute atomic E-state index is 12.5. The van der Waals surface area contributed by atoms with Crippen molar-refractivity contribution in [2.75, 3.05) is 32.1 Å². The van der Waals surface area contributed by atoms with E-state index in [9.17, 15) is 9.50 Å². The van der Waals surface area contributed by atoms with Crippen molar-refractivity contribution in [3.05, 3.63) is 82.0 Å². The minimum atomic E-state index is -0.280. The summed E-state index contributed by atoms with van der Waals surface area (Å²) in [6, 6.07) is 15.7. The van der Waals surface area contributed by atoms with Gasteiger partial charge in [-0.3, -0.25) is 9.29 Å². The van der Waals surface area contributed by atoms with E-state index >= 15 is 0 Å². The van der Waals surface area contributed by atoms with Crippen molar-refractivity contribution in [2.24, 2.45) is 0 Å². The topological polar surface area (TPSA) is 45.6 Å². The number of fused-ring (bicyclic) bond motifs is 1. The zero-order valence-electron chi connectivity index (χ0n) is 20.3. The fraction of sp³-hybridized carbons (Fsp3) is 0.345. The van der Waals surface area contributed by atoms with Gasteiger partial charge in [-0.05, 0) is 84.4 Å². The summed E-state index contributed by atoms with van der Waals surface area (Å²) in [5, 5.41) is 10.9. The predicted octanol–water partition coefficient (Wildman–Crippen LogP) is 7.02. The second-order valence-electron chi connectivity index (χ2n) is 9.37. The first-order valence-electron chi connectivity index (χ1n) is 12.4. The number of thioether (sulfide) groups is 1. The van der Waals surface area contributed by atoms with Crippen LogP contribution >= 0.6 is 23.4 Å². The average Bonchev–Trinajstić information content (AvgIpc) is 3.22. The first-order valence-corrected chi connectivity index (χ1v) is 13.8. The molecule has 4 nitrogen and oxygen atoms in total. The largest absolute Gasteiger partial charge is 0.508 e. The van der Waals surface area contributed by atoms with Crippen LogP contribution in [-0.4, -0.2) is 53.2 Å². The first-order chi connectivity index (χ1) is 17.5. The minimum absolute atomic E-state index is 0.0714. The summed E-state index contributed by atoms with van der Waals surface area (Å²) in [6.07, 6.45) is 4.27. The van der Waals surface area contributed by atoms with Gasteiger partial charge >= 0.3 is 0 Å². The molecule has 0 spiro atoms. The molecule has 36 heavy (non-hydrogen) atoms. The van der Waals surface area contributed by atoms with Gasteiger partial charge in [0.2, 0.25) is 5.88 Å². The normalized spacial score (nSPS) is 18.2. The number of aromatic hydroxyl groups is 1. The lowest BCUT2D eigenvalue weighted by atomic mass is 9.88. The van der Waals surface area contributed by atoms with Crippen molar-refractivity contribution in [3.63, 3.8) is 0 Å². The third-order valence-corrected chi connectivity index (χ3v) is 8.11. The van der Waals surface area contributed by atoms with E-state index in [0.29, 0.717) is 12.3 Å². The molecule has 0 bridgehead atoms. The smallest absolute Gasteiger partial charge is 0.213 e. The Morgan fingerprint density at radius 3 is 2.81 bits per heavy atom. The Morgan fingerprint density at radius 1 is 1.17 bits per heavy atom. The molecule has 0 unspecified atom stereocenters. The van der Waals surface area contributed by atoms with Gasteiger partial charge in [0.25, 0.3) is 0 Å². The number of aromatic nitrogens is 1. The Kier molecular flexibility index (Phi) is 7.85. The van der Waals surface area contributed by atoms with Crippen LogP contribution < -0.4 is 4.74 Å². The number of phenols is 1. The van der Waals surface area contributed by atoms with Crippen LogP contribution in [0.3, 0.4) is 0 Å². The van der Waals surface area contributed by atoms with Crippen LogP contribution in [0.25, 0.3) is 11.1 Å². The van der Waals surface area contributed by atoms with Crippen molar-refractivity contribution in [1.29, 1.82) is 0 Å². The summed E-state index contributed by atoms with van der Waals surface area (Å²) >= 11 is 8.49. The molecule has 2 aliphatic rings. The molecule has 1 N–H and O–H groups in total. The van der Waals surface area contributed by atoms with E-state index in [1.165, 1.54) is 5.57 Å². The van der Waals surface area contributed by atoms with E-state index in [1.54, 1.807) is 17.8 Å². The van der Waals surface area contributed by atoms with E-state index in [0.717, 1.165) is 76.0 Å². The van der Waals surface area contributed by atoms with Crippen LogP contribution in [0.15, 0.2) is 59.6 Å². The zero-order chi connectivity index (χ0) is 25.1. The number of allylic oxidation sites excluding steroid dienone is 1. The number of pyridine rings is 1. The molecule has 0 aliphatic carbocycles. The highest BCUT2D eigenvalue weighted by molar-refractivity contribution is 7.99. The highest BCUT2D eigenvalue weighted by Gasteiger charge is 2.25. The zero-order valence-corrected chi connectivity index (χ0v) is 21.9. The summed E-state index contributed by atoms with van der Waals surface area (Å²) in [5.74, 6) is 1.74. The molecular weight excluding hydrogens is 495 g/mol. The summed E-state index contributed by atoms with van der Waals surface area (Å²) < 4.78 is 18.7. The number of phenolic OH excluding ortho intramolecular Hbond substituents is 1. The van der Waals surface area contributed by atoms with Crippen LogP contribution in [0, 0.1) is 6.92 Å². The van der Waals surface area contributed by atoms with Gasteiger partial charge in [0.15, 0.2) is 0 Å². The quantitative estimate of drug-likeness (QED) is 0.360. The Morgan fingerprint density at radius 2 is 2.03 bits per heavy atom. The number of hydrogen-bond donors (Lipinski definition) is 1. The van der Waals surface area contributed by atoms with Gasteiger partial charge in [0.05, 0.1) is 6.67 Å². The number of alkyl halides is 1. The molecule has 5 rings (SSSR count). The van der Waals surface area contributed by atoms with Gasteiger partial charge in [-0.15, -0.1) is 11.8 Å². The number of halogens is 2. The number of benzene rings is 2. The Labute approximate surface area is 221 Å². The second kappa shape index (κ2) is 11.2. The monoisotopic (exact) mass is 524 g/mol. The standard InChI is InChI=1S/C29H30ClFN2O2S/c1-19-3-6-23(26(30)15-19)24-10-14-36-27-16-21(34)5-7-25(27)29(24)20-4-8-28(32-17-20)35-22-9-13-33(18-22)12-2-11-31/h3-8,15-17,22,34H,2,9-14,18H2,1H3/t22-/m0/s1. The van der Waals surface area contributed by atoms with Crippen molar-refractivity contribution in [2.45, 2.75) is 37.2 Å². The lowest BCUT2D eigenvalue weighted by molar-refractivity contribution is 0.191. The average molecular weight is 525 g/mol. The Hall–Kier alpha value is -2.54. The summed E-state index contributed by atoms with van der Waals surface area (Å²) in [6.45, 7) is 4.27. The van der Waals surface area contributed by atoms with Crippen molar-refractivity contribution < 1.29 is 14.2 Å². The molecule has 1 atom stereocenters. The molecule has 0 amide bonds. The maximum atomic E-state index is 12.5. The van der Waals surface area contributed by atoms with Crippen molar-refractivity contribution >= 4 is 34.5 Å². The number of ether oxygens (including phenoxy) is 1. The molecule has 7 heteroatoms. The van der Waals surface area contributed by atoms with Gasteiger partial charge < -0.3 is 9.84 Å². The third kappa shape index (κ3) is 5.56. The number of nitrogens with zero attached hydrogens (tertiary/aromatic N) is 2. The van der Waals surface area contributed by atoms with E-state index in [1.807, 2.05) is 37.4 Å². The van der Waals surface area contributed by atoms with Gasteiger partial charge in [-0.2, -0.15) is 0 Å². The fourth-order valence-corrected chi connectivity index (χ4v) is 6.40. The highest BCUT2D eigenvalue weighted by Crippen LogP contribution is 2.45. The van der Waals surface area contributed by atoms with Crippen LogP contribution in [0.2, 0.25) is 5.02 Å². The minimum Gasteiger partial charge on any atom is -0.508 e. The molecule has 0 radical (unpaired) electrons. The molecule has 3 heterocycles. The van der Waals surface area contributed by atoms with Crippen LogP contribution in [0.4, 0.5) is 4.39 Å². The van der Waals surface area contributed by atoms with Gasteiger partial charge in [-0.25, -0.2) is 4.98 Å². The molecule has 2 aliphatic heterocycles. The number of likely N-dealkylation sites (tertiary alicyclic amines) is 1. The third-order valence-electron chi connectivity index (χ3n) is 6.75. The second-order valence-corrected chi connectivity index (χ2v) is 10.9. The highest BCUT2D eigenvalue weighted by atomic mass is 35.5. The number of hydrogen-bond acceptors (Lipinski definition) is 5. The molecule has 1 fully saturated rings. The lowest BCUT2D eigenvalue weighted by Gasteiger charge is -2.18. The summed E-state index contributed by atoms with van der Waals surface area (Å²) in [5.41, 5.74) is 6.46. The first kappa shape index (κ1) is 25.1. The maximum Gasteiger partial charge on any atom is 0.213 e. The van der Waals surface area contributed by atoms with Crippen LogP contribution in [-0.2, 0) is 0 Å². The van der Waals surface area contributed by atoms with Crippen LogP contribution in [0.5, 0.6) is 11.6 Å². The summed E-state index contributed by atoms with van der Waals surface area (Å²) in [7, 11) is 0. The Balaban J connectivity index is 1.49. The van der Waals surface area contributed by atoms with E-state index in [2.05, 4.69) is 28.1 Å². The molecular formula is C29H30ClFN2O2S. The van der Waals surface area contributed by atoms with E-state index in [-0.39, 0.29) is 18.5 Å². The number of aryl methyl sites for hydroxylation is 1. The summed E-state index contributed by atoms with van der Waals surface area (Å²) in [4.78, 5) is 7.96. The fourth-order valence-electron chi connectivity index (χ4n) is 5.00. The molecule has 1 saturated heterocycles. The molecule has 3 aromatic rings. The lowest BCUT2D eigenvalue weighted by Crippen LogP contribution is -2.26. The van der Waals surface area contributed by atoms with Gasteiger partial charge in [-0.1, -0.05) is 23.7 Å². The number of rotatable bonds is 7. The molecule has 0 saturated carbocycles. The van der Waals surface area contributed by atoms with E-state index < -0.39 is 0 Å². The van der Waals surface area contributed by atoms with Crippen molar-refractivity contribution in [1.82, 2.24) is 9.88 Å². The van der Waals surface area contributed by atoms with Crippen molar-refractivity contribution in [3.8, 4) is 11.6 Å². The Bertz CT molecular complexity index is 1260. The molecule has 2 aromatic carbocycles. The molecule has 188 valence electrons. The predicted molar refractivity (Wildman–Crippen MR) is 146 cm³/mol. The molecule has 1 aromatic heterocycles. The SMILES string of the molecule is Cc1ccc(C2=C(c3ccc(O[C@H]4CCN(CCCF)C4)nc3)c3ccc(O)cc3SCC2)c(Cl)c1. The van der Waals surface area contributed by atoms with Gasteiger partial charge in [0, 0.05) is 53.1 Å². The van der Waals surface area contributed by atoms with Gasteiger partial charge in [0.1, 0.15) is 11.9 Å².